The molecule has 1 atom stereocenters. The zero-order chi connectivity index (χ0) is 13.3. The van der Waals surface area contributed by atoms with Gasteiger partial charge in [-0.1, -0.05) is 17.7 Å². The van der Waals surface area contributed by atoms with Gasteiger partial charge in [-0.05, 0) is 63.3 Å². The van der Waals surface area contributed by atoms with Crippen molar-refractivity contribution in [3.05, 3.63) is 34.4 Å². The molecule has 108 valence electrons. The largest absolute Gasteiger partial charge is 0.329 e. The number of nitrogens with two attached hydrogens (primary N) is 1. The molecule has 0 spiro atoms. The van der Waals surface area contributed by atoms with Crippen LogP contribution in [0.25, 0.3) is 0 Å². The molecule has 0 heterocycles. The molecule has 2 N–H and O–H groups in total. The Morgan fingerprint density at radius 3 is 2.16 bits per heavy atom. The third-order valence-electron chi connectivity index (χ3n) is 4.22. The lowest BCUT2D eigenvalue weighted by atomic mass is 9.98. The number of hydrogen-bond donors (Lipinski definition) is 1. The molecule has 0 bridgehead atoms. The SMILES string of the molecule is Cc1cc(C)c(CN(C)C(CN)C2CC2)c(C)c1.Cl. The quantitative estimate of drug-likeness (QED) is 0.899. The number of aryl methyl sites for hydroxylation is 3. The van der Waals surface area contributed by atoms with Gasteiger partial charge in [0.25, 0.3) is 0 Å². The summed E-state index contributed by atoms with van der Waals surface area (Å²) in [7, 11) is 2.22. The number of benzene rings is 1. The molecule has 1 aromatic rings. The Kier molecular flexibility index (Phi) is 5.84. The van der Waals surface area contributed by atoms with Crippen LogP contribution in [-0.2, 0) is 6.54 Å². The van der Waals surface area contributed by atoms with E-state index in [1.165, 1.54) is 35.1 Å². The maximum Gasteiger partial charge on any atom is 0.0247 e. The Morgan fingerprint density at radius 2 is 1.74 bits per heavy atom. The average Bonchev–Trinajstić information content (AvgIpc) is 3.08. The lowest BCUT2D eigenvalue weighted by Gasteiger charge is -2.28. The van der Waals surface area contributed by atoms with Crippen LogP contribution in [0.4, 0.5) is 0 Å². The molecule has 2 rings (SSSR count). The van der Waals surface area contributed by atoms with Gasteiger partial charge in [-0.15, -0.1) is 12.4 Å². The molecule has 1 fully saturated rings. The van der Waals surface area contributed by atoms with E-state index in [0.717, 1.165) is 19.0 Å². The Balaban J connectivity index is 0.00000180. The number of rotatable bonds is 5. The molecule has 1 aliphatic rings. The molecule has 1 aromatic carbocycles. The van der Waals surface area contributed by atoms with Gasteiger partial charge in [0.2, 0.25) is 0 Å². The molecule has 3 heteroatoms. The minimum absolute atomic E-state index is 0. The Labute approximate surface area is 123 Å². The maximum absolute atomic E-state index is 5.93. The molecule has 0 aliphatic heterocycles. The average molecular weight is 283 g/mol. The first kappa shape index (κ1) is 16.5. The first-order chi connectivity index (χ1) is 8.52. The van der Waals surface area contributed by atoms with E-state index < -0.39 is 0 Å². The topological polar surface area (TPSA) is 29.3 Å². The molecular formula is C16H27ClN2. The van der Waals surface area contributed by atoms with E-state index in [0.29, 0.717) is 6.04 Å². The fourth-order valence-corrected chi connectivity index (χ4v) is 3.04. The Morgan fingerprint density at radius 1 is 1.21 bits per heavy atom. The van der Waals surface area contributed by atoms with Crippen LogP contribution in [-0.4, -0.2) is 24.5 Å². The third-order valence-corrected chi connectivity index (χ3v) is 4.22. The molecule has 1 unspecified atom stereocenters. The summed E-state index contributed by atoms with van der Waals surface area (Å²) in [5.74, 6) is 0.839. The maximum atomic E-state index is 5.93. The lowest BCUT2D eigenvalue weighted by molar-refractivity contribution is 0.215. The van der Waals surface area contributed by atoms with Gasteiger partial charge in [0, 0.05) is 19.1 Å². The molecule has 0 saturated heterocycles. The fraction of sp³-hybridized carbons (Fsp3) is 0.625. The highest BCUT2D eigenvalue weighted by Gasteiger charge is 2.32. The van der Waals surface area contributed by atoms with Crippen molar-refractivity contribution >= 4 is 12.4 Å². The summed E-state index contributed by atoms with van der Waals surface area (Å²) in [6.07, 6.45) is 2.72. The monoisotopic (exact) mass is 282 g/mol. The summed E-state index contributed by atoms with van der Waals surface area (Å²) in [4.78, 5) is 2.45. The van der Waals surface area contributed by atoms with E-state index in [1.54, 1.807) is 0 Å². The van der Waals surface area contributed by atoms with Crippen molar-refractivity contribution in [2.45, 2.75) is 46.2 Å². The predicted octanol–water partition coefficient (Wildman–Crippen LogP) is 3.20. The number of hydrogen-bond acceptors (Lipinski definition) is 2. The van der Waals surface area contributed by atoms with Crippen molar-refractivity contribution in [1.29, 1.82) is 0 Å². The second-order valence-electron chi connectivity index (χ2n) is 5.93. The first-order valence-electron chi connectivity index (χ1n) is 7.00. The predicted molar refractivity (Wildman–Crippen MR) is 84.9 cm³/mol. The van der Waals surface area contributed by atoms with Crippen LogP contribution in [0.2, 0.25) is 0 Å². The van der Waals surface area contributed by atoms with Crippen molar-refractivity contribution in [2.24, 2.45) is 11.7 Å². The Hall–Kier alpha value is -0.570. The number of halogens is 1. The van der Waals surface area contributed by atoms with Crippen molar-refractivity contribution in [3.8, 4) is 0 Å². The van der Waals surface area contributed by atoms with Crippen LogP contribution >= 0.6 is 12.4 Å². The molecule has 2 nitrogen and oxygen atoms in total. The molecular weight excluding hydrogens is 256 g/mol. The van der Waals surface area contributed by atoms with Gasteiger partial charge in [-0.3, -0.25) is 4.90 Å². The van der Waals surface area contributed by atoms with Crippen molar-refractivity contribution < 1.29 is 0 Å². The minimum Gasteiger partial charge on any atom is -0.329 e. The van der Waals surface area contributed by atoms with Crippen LogP contribution in [0.3, 0.4) is 0 Å². The van der Waals surface area contributed by atoms with Gasteiger partial charge in [-0.2, -0.15) is 0 Å². The van der Waals surface area contributed by atoms with Gasteiger partial charge < -0.3 is 5.73 Å². The summed E-state index contributed by atoms with van der Waals surface area (Å²) >= 11 is 0. The fourth-order valence-electron chi connectivity index (χ4n) is 3.04. The second-order valence-corrected chi connectivity index (χ2v) is 5.93. The standard InChI is InChI=1S/C16H26N2.ClH/c1-11-7-12(2)15(13(3)8-11)10-18(4)16(9-17)14-5-6-14;/h7-8,14,16H,5-6,9-10,17H2,1-4H3;1H. The zero-order valence-corrected chi connectivity index (χ0v) is 13.4. The highest BCUT2D eigenvalue weighted by Crippen LogP contribution is 2.35. The van der Waals surface area contributed by atoms with Gasteiger partial charge >= 0.3 is 0 Å². The van der Waals surface area contributed by atoms with Crippen molar-refractivity contribution in [2.75, 3.05) is 13.6 Å². The van der Waals surface area contributed by atoms with Crippen molar-refractivity contribution in [3.63, 3.8) is 0 Å². The summed E-state index contributed by atoms with van der Waals surface area (Å²) in [5, 5.41) is 0. The minimum atomic E-state index is 0. The van der Waals surface area contributed by atoms with Crippen LogP contribution in [0.15, 0.2) is 12.1 Å². The smallest absolute Gasteiger partial charge is 0.0247 e. The first-order valence-corrected chi connectivity index (χ1v) is 7.00. The highest BCUT2D eigenvalue weighted by molar-refractivity contribution is 5.85. The van der Waals surface area contributed by atoms with Crippen LogP contribution in [0.5, 0.6) is 0 Å². The molecule has 0 amide bonds. The molecule has 0 radical (unpaired) electrons. The highest BCUT2D eigenvalue weighted by atomic mass is 35.5. The van der Waals surface area contributed by atoms with Crippen LogP contribution < -0.4 is 5.73 Å². The van der Waals surface area contributed by atoms with Crippen molar-refractivity contribution in [1.82, 2.24) is 4.90 Å². The summed E-state index contributed by atoms with van der Waals surface area (Å²) in [6.45, 7) is 8.41. The van der Waals surface area contributed by atoms with Gasteiger partial charge in [0.05, 0.1) is 0 Å². The van der Waals surface area contributed by atoms with Gasteiger partial charge in [-0.25, -0.2) is 0 Å². The van der Waals surface area contributed by atoms with E-state index in [1.807, 2.05) is 0 Å². The van der Waals surface area contributed by atoms with E-state index in [-0.39, 0.29) is 12.4 Å². The van der Waals surface area contributed by atoms with Gasteiger partial charge in [0.15, 0.2) is 0 Å². The summed E-state index contributed by atoms with van der Waals surface area (Å²) < 4.78 is 0. The van der Waals surface area contributed by atoms with Crippen LogP contribution in [0, 0.1) is 26.7 Å². The van der Waals surface area contributed by atoms with E-state index >= 15 is 0 Å². The van der Waals surface area contributed by atoms with E-state index in [2.05, 4.69) is 44.9 Å². The second kappa shape index (κ2) is 6.74. The molecule has 1 saturated carbocycles. The summed E-state index contributed by atoms with van der Waals surface area (Å²) in [5.41, 5.74) is 11.6. The van der Waals surface area contributed by atoms with E-state index in [4.69, 9.17) is 5.73 Å². The normalized spacial score (nSPS) is 16.3. The number of likely N-dealkylation sites (N-methyl/N-ethyl adjacent to an activating group) is 1. The summed E-state index contributed by atoms with van der Waals surface area (Å²) in [6, 6.07) is 5.13. The molecule has 1 aliphatic carbocycles. The lowest BCUT2D eigenvalue weighted by Crippen LogP contribution is -2.39. The van der Waals surface area contributed by atoms with Gasteiger partial charge in [0.1, 0.15) is 0 Å². The molecule has 19 heavy (non-hydrogen) atoms. The zero-order valence-electron chi connectivity index (χ0n) is 12.6. The van der Waals surface area contributed by atoms with Crippen LogP contribution in [0.1, 0.15) is 35.1 Å². The third kappa shape index (κ3) is 3.95. The molecule has 0 aromatic heterocycles. The number of nitrogens with zero attached hydrogens (tertiary/aromatic N) is 1. The Bertz CT molecular complexity index is 404. The van der Waals surface area contributed by atoms with E-state index in [9.17, 15) is 0 Å².